The van der Waals surface area contributed by atoms with E-state index in [-0.39, 0.29) is 5.56 Å². The molecule has 1 N–H and O–H groups in total. The van der Waals surface area contributed by atoms with Crippen LogP contribution in [-0.2, 0) is 19.4 Å². The summed E-state index contributed by atoms with van der Waals surface area (Å²) in [6, 6.07) is 3.78. The van der Waals surface area contributed by atoms with Gasteiger partial charge < -0.3 is 9.88 Å². The number of hydrogen-bond donors (Lipinski definition) is 1. The van der Waals surface area contributed by atoms with Gasteiger partial charge in [0, 0.05) is 18.3 Å². The summed E-state index contributed by atoms with van der Waals surface area (Å²) < 4.78 is 2.04. The summed E-state index contributed by atoms with van der Waals surface area (Å²) in [7, 11) is 0. The Hall–Kier alpha value is -1.09. The molecular formula is C15H22N2O. The molecule has 1 aliphatic heterocycles. The molecule has 0 spiro atoms. The Morgan fingerprint density at radius 2 is 2.22 bits per heavy atom. The van der Waals surface area contributed by atoms with Crippen molar-refractivity contribution < 1.29 is 0 Å². The molecular weight excluding hydrogens is 224 g/mol. The van der Waals surface area contributed by atoms with E-state index in [1.807, 2.05) is 10.6 Å². The Balaban J connectivity index is 1.72. The van der Waals surface area contributed by atoms with Crippen molar-refractivity contribution >= 4 is 0 Å². The highest BCUT2D eigenvalue weighted by atomic mass is 16.1. The summed E-state index contributed by atoms with van der Waals surface area (Å²) in [5, 5.41) is 3.45. The van der Waals surface area contributed by atoms with Gasteiger partial charge in [0.05, 0.1) is 0 Å². The van der Waals surface area contributed by atoms with Crippen molar-refractivity contribution in [1.29, 1.82) is 0 Å². The zero-order valence-electron chi connectivity index (χ0n) is 11.0. The van der Waals surface area contributed by atoms with Crippen LogP contribution in [0, 0.1) is 5.92 Å². The van der Waals surface area contributed by atoms with Crippen LogP contribution in [0.5, 0.6) is 0 Å². The molecule has 0 aromatic carbocycles. The number of hydrogen-bond acceptors (Lipinski definition) is 2. The fraction of sp³-hybridized carbons (Fsp3) is 0.667. The largest absolute Gasteiger partial charge is 0.316 e. The Morgan fingerprint density at radius 3 is 3.06 bits per heavy atom. The monoisotopic (exact) mass is 246 g/mol. The molecule has 1 fully saturated rings. The lowest BCUT2D eigenvalue weighted by atomic mass is 9.96. The van der Waals surface area contributed by atoms with E-state index in [1.165, 1.54) is 30.5 Å². The average Bonchev–Trinajstić information content (AvgIpc) is 2.87. The minimum atomic E-state index is 0.194. The van der Waals surface area contributed by atoms with E-state index in [2.05, 4.69) is 5.32 Å². The van der Waals surface area contributed by atoms with Crippen LogP contribution in [-0.4, -0.2) is 17.7 Å². The molecule has 98 valence electrons. The van der Waals surface area contributed by atoms with Crippen LogP contribution in [0.15, 0.2) is 16.9 Å². The number of aromatic nitrogens is 1. The minimum absolute atomic E-state index is 0.194. The highest BCUT2D eigenvalue weighted by Crippen LogP contribution is 2.21. The third-order valence-corrected chi connectivity index (χ3v) is 4.41. The average molecular weight is 246 g/mol. The molecule has 2 heterocycles. The van der Waals surface area contributed by atoms with Gasteiger partial charge in [-0.1, -0.05) is 6.07 Å². The third kappa shape index (κ3) is 2.37. The molecule has 1 saturated heterocycles. The zero-order valence-corrected chi connectivity index (χ0v) is 11.0. The molecule has 0 saturated carbocycles. The lowest BCUT2D eigenvalue weighted by Gasteiger charge is -2.23. The van der Waals surface area contributed by atoms with Crippen LogP contribution < -0.4 is 10.9 Å². The number of rotatable bonds is 3. The Bertz CT molecular complexity index is 472. The van der Waals surface area contributed by atoms with Crippen LogP contribution in [0.3, 0.4) is 0 Å². The van der Waals surface area contributed by atoms with E-state index < -0.39 is 0 Å². The Kier molecular flexibility index (Phi) is 3.50. The van der Waals surface area contributed by atoms with Gasteiger partial charge in [0.2, 0.25) is 0 Å². The van der Waals surface area contributed by atoms with Gasteiger partial charge in [-0.05, 0) is 63.1 Å². The van der Waals surface area contributed by atoms with E-state index in [9.17, 15) is 4.79 Å². The molecule has 0 radical (unpaired) electrons. The van der Waals surface area contributed by atoms with Crippen molar-refractivity contribution in [3.8, 4) is 0 Å². The SMILES string of the molecule is O=c1ccc2c(n1CCC1CCCNC1)CCC2. The molecule has 1 aromatic heterocycles. The standard InChI is InChI=1S/C15H22N2O/c18-15-7-6-13-4-1-5-14(13)17(15)10-8-12-3-2-9-16-11-12/h6-7,12,16H,1-5,8-11H2. The van der Waals surface area contributed by atoms with Gasteiger partial charge in [0.15, 0.2) is 0 Å². The van der Waals surface area contributed by atoms with Crippen molar-refractivity contribution in [2.75, 3.05) is 13.1 Å². The topological polar surface area (TPSA) is 34.0 Å². The minimum Gasteiger partial charge on any atom is -0.316 e. The molecule has 0 amide bonds. The lowest BCUT2D eigenvalue weighted by molar-refractivity contribution is 0.338. The molecule has 0 bridgehead atoms. The first-order valence-corrected chi connectivity index (χ1v) is 7.27. The molecule has 3 rings (SSSR count). The Labute approximate surface area is 108 Å². The van der Waals surface area contributed by atoms with Crippen LogP contribution in [0.2, 0.25) is 0 Å². The van der Waals surface area contributed by atoms with Crippen molar-refractivity contribution in [1.82, 2.24) is 9.88 Å². The highest BCUT2D eigenvalue weighted by Gasteiger charge is 2.17. The summed E-state index contributed by atoms with van der Waals surface area (Å²) in [5.74, 6) is 0.753. The van der Waals surface area contributed by atoms with E-state index in [0.29, 0.717) is 0 Å². The van der Waals surface area contributed by atoms with Crippen LogP contribution in [0.1, 0.15) is 36.9 Å². The van der Waals surface area contributed by atoms with Crippen LogP contribution in [0.25, 0.3) is 0 Å². The molecule has 2 aliphatic rings. The van der Waals surface area contributed by atoms with Gasteiger partial charge in [0.25, 0.3) is 5.56 Å². The first-order valence-electron chi connectivity index (χ1n) is 7.27. The fourth-order valence-electron chi connectivity index (χ4n) is 3.36. The number of aryl methyl sites for hydroxylation is 1. The van der Waals surface area contributed by atoms with Crippen molar-refractivity contribution in [2.45, 2.75) is 45.1 Å². The summed E-state index contributed by atoms with van der Waals surface area (Å²) in [5.41, 5.74) is 2.90. The van der Waals surface area contributed by atoms with E-state index in [4.69, 9.17) is 0 Å². The molecule has 1 aromatic rings. The second-order valence-corrected chi connectivity index (χ2v) is 5.65. The number of fused-ring (bicyclic) bond motifs is 1. The van der Waals surface area contributed by atoms with Crippen LogP contribution >= 0.6 is 0 Å². The van der Waals surface area contributed by atoms with Gasteiger partial charge in [-0.15, -0.1) is 0 Å². The van der Waals surface area contributed by atoms with Gasteiger partial charge in [-0.2, -0.15) is 0 Å². The maximum atomic E-state index is 12.0. The fourth-order valence-corrected chi connectivity index (χ4v) is 3.36. The zero-order chi connectivity index (χ0) is 12.4. The number of nitrogens with zero attached hydrogens (tertiary/aromatic N) is 1. The normalized spacial score (nSPS) is 23.0. The smallest absolute Gasteiger partial charge is 0.250 e. The predicted molar refractivity (Wildman–Crippen MR) is 72.9 cm³/mol. The second kappa shape index (κ2) is 5.27. The number of piperidine rings is 1. The van der Waals surface area contributed by atoms with E-state index in [1.54, 1.807) is 6.07 Å². The predicted octanol–water partition coefficient (Wildman–Crippen LogP) is 1.73. The summed E-state index contributed by atoms with van der Waals surface area (Å²) >= 11 is 0. The molecule has 3 heteroatoms. The van der Waals surface area contributed by atoms with Gasteiger partial charge in [-0.25, -0.2) is 0 Å². The molecule has 1 atom stereocenters. The first-order chi connectivity index (χ1) is 8.84. The first kappa shape index (κ1) is 12.0. The van der Waals surface area contributed by atoms with Gasteiger partial charge >= 0.3 is 0 Å². The second-order valence-electron chi connectivity index (χ2n) is 5.65. The lowest BCUT2D eigenvalue weighted by Crippen LogP contribution is -2.31. The van der Waals surface area contributed by atoms with Crippen molar-refractivity contribution in [3.63, 3.8) is 0 Å². The maximum absolute atomic E-state index is 12.0. The van der Waals surface area contributed by atoms with Gasteiger partial charge in [0.1, 0.15) is 0 Å². The van der Waals surface area contributed by atoms with Crippen molar-refractivity contribution in [3.05, 3.63) is 33.7 Å². The molecule has 3 nitrogen and oxygen atoms in total. The molecule has 18 heavy (non-hydrogen) atoms. The molecule has 1 aliphatic carbocycles. The quantitative estimate of drug-likeness (QED) is 0.881. The van der Waals surface area contributed by atoms with E-state index in [0.717, 1.165) is 44.8 Å². The molecule has 1 unspecified atom stereocenters. The number of nitrogens with one attached hydrogen (secondary N) is 1. The third-order valence-electron chi connectivity index (χ3n) is 4.41. The summed E-state index contributed by atoms with van der Waals surface area (Å²) in [6.07, 6.45) is 7.20. The summed E-state index contributed by atoms with van der Waals surface area (Å²) in [4.78, 5) is 12.0. The van der Waals surface area contributed by atoms with E-state index >= 15 is 0 Å². The van der Waals surface area contributed by atoms with Crippen molar-refractivity contribution in [2.24, 2.45) is 5.92 Å². The van der Waals surface area contributed by atoms with Crippen LogP contribution in [0.4, 0.5) is 0 Å². The maximum Gasteiger partial charge on any atom is 0.250 e. The Morgan fingerprint density at radius 1 is 1.28 bits per heavy atom. The summed E-state index contributed by atoms with van der Waals surface area (Å²) in [6.45, 7) is 3.20. The highest BCUT2D eigenvalue weighted by molar-refractivity contribution is 5.25. The van der Waals surface area contributed by atoms with Gasteiger partial charge in [-0.3, -0.25) is 4.79 Å². The number of pyridine rings is 1.